The van der Waals surface area contributed by atoms with Crippen molar-refractivity contribution in [3.63, 3.8) is 0 Å². The van der Waals surface area contributed by atoms with Crippen molar-refractivity contribution in [1.82, 2.24) is 10.6 Å². The summed E-state index contributed by atoms with van der Waals surface area (Å²) in [5.74, 6) is 0.106. The van der Waals surface area contributed by atoms with Crippen LogP contribution in [0.25, 0.3) is 0 Å². The SMILES string of the molecule is CNC1OC(CO)C(O)C(O)C1NC(=O)CCS. The lowest BCUT2D eigenvalue weighted by molar-refractivity contribution is -0.201. The van der Waals surface area contributed by atoms with Crippen LogP contribution in [0.2, 0.25) is 0 Å². The maximum Gasteiger partial charge on any atom is 0.221 e. The Balaban J connectivity index is 2.71. The Bertz CT molecular complexity index is 279. The maximum absolute atomic E-state index is 11.5. The molecule has 1 heterocycles. The number of aliphatic hydroxyl groups excluding tert-OH is 3. The summed E-state index contributed by atoms with van der Waals surface area (Å²) < 4.78 is 5.35. The van der Waals surface area contributed by atoms with Crippen molar-refractivity contribution in [1.29, 1.82) is 0 Å². The Kier molecular flexibility index (Phi) is 6.33. The molecule has 1 fully saturated rings. The molecule has 1 saturated heterocycles. The van der Waals surface area contributed by atoms with Gasteiger partial charge in [0.25, 0.3) is 0 Å². The van der Waals surface area contributed by atoms with Crippen molar-refractivity contribution in [3.05, 3.63) is 0 Å². The van der Waals surface area contributed by atoms with Crippen LogP contribution in [-0.4, -0.2) is 71.2 Å². The third-order valence-electron chi connectivity index (χ3n) is 2.88. The van der Waals surface area contributed by atoms with Gasteiger partial charge in [-0.2, -0.15) is 12.6 Å². The Morgan fingerprint density at radius 2 is 2.06 bits per heavy atom. The molecule has 5 unspecified atom stereocenters. The van der Waals surface area contributed by atoms with Gasteiger partial charge in [-0.05, 0) is 12.8 Å². The number of carbonyl (C=O) groups excluding carboxylic acids is 1. The standard InChI is InChI=1S/C10H20N2O5S/c1-11-10-7(12-6(14)2-3-18)9(16)8(15)5(4-13)17-10/h5,7-11,13,15-16,18H,2-4H2,1H3,(H,12,14). The number of aliphatic hydroxyl groups is 3. The van der Waals surface area contributed by atoms with Crippen molar-refractivity contribution < 1.29 is 24.9 Å². The molecule has 0 spiro atoms. The molecule has 1 rings (SSSR count). The van der Waals surface area contributed by atoms with Crippen molar-refractivity contribution in [3.8, 4) is 0 Å². The molecule has 0 aliphatic carbocycles. The summed E-state index contributed by atoms with van der Waals surface area (Å²) >= 11 is 3.94. The van der Waals surface area contributed by atoms with Crippen LogP contribution in [0, 0.1) is 0 Å². The number of nitrogens with one attached hydrogen (secondary N) is 2. The summed E-state index contributed by atoms with van der Waals surface area (Å²) in [7, 11) is 1.60. The van der Waals surface area contributed by atoms with E-state index in [1.54, 1.807) is 7.05 Å². The quantitative estimate of drug-likeness (QED) is 0.309. The van der Waals surface area contributed by atoms with Gasteiger partial charge in [0.05, 0.1) is 12.6 Å². The fourth-order valence-electron chi connectivity index (χ4n) is 1.88. The lowest BCUT2D eigenvalue weighted by Gasteiger charge is -2.42. The van der Waals surface area contributed by atoms with Gasteiger partial charge in [0.2, 0.25) is 5.91 Å². The molecular weight excluding hydrogens is 260 g/mol. The van der Waals surface area contributed by atoms with Crippen LogP contribution >= 0.6 is 12.6 Å². The van der Waals surface area contributed by atoms with E-state index in [1.807, 2.05) is 0 Å². The molecule has 0 aromatic carbocycles. The Morgan fingerprint density at radius 1 is 1.39 bits per heavy atom. The zero-order valence-corrected chi connectivity index (χ0v) is 11.0. The second-order valence-electron chi connectivity index (χ2n) is 4.11. The molecule has 0 bridgehead atoms. The molecule has 18 heavy (non-hydrogen) atoms. The van der Waals surface area contributed by atoms with Crippen LogP contribution in [0.15, 0.2) is 0 Å². The van der Waals surface area contributed by atoms with Crippen LogP contribution in [0.3, 0.4) is 0 Å². The lowest BCUT2D eigenvalue weighted by Crippen LogP contribution is -2.67. The van der Waals surface area contributed by atoms with Crippen LogP contribution in [-0.2, 0) is 9.53 Å². The topological polar surface area (TPSA) is 111 Å². The number of hydrogen-bond acceptors (Lipinski definition) is 7. The average molecular weight is 280 g/mol. The summed E-state index contributed by atoms with van der Waals surface area (Å²) in [4.78, 5) is 11.5. The van der Waals surface area contributed by atoms with Gasteiger partial charge in [-0.15, -0.1) is 0 Å². The molecule has 8 heteroatoms. The maximum atomic E-state index is 11.5. The second kappa shape index (κ2) is 7.27. The second-order valence-corrected chi connectivity index (χ2v) is 4.56. The number of amides is 1. The highest BCUT2D eigenvalue weighted by atomic mass is 32.1. The van der Waals surface area contributed by atoms with Crippen molar-refractivity contribution in [2.24, 2.45) is 0 Å². The highest BCUT2D eigenvalue weighted by molar-refractivity contribution is 7.80. The summed E-state index contributed by atoms with van der Waals surface area (Å²) in [5, 5.41) is 34.1. The van der Waals surface area contributed by atoms with E-state index in [-0.39, 0.29) is 12.3 Å². The average Bonchev–Trinajstić information content (AvgIpc) is 2.36. The molecule has 0 radical (unpaired) electrons. The van der Waals surface area contributed by atoms with Gasteiger partial charge in [0, 0.05) is 6.42 Å². The van der Waals surface area contributed by atoms with Crippen LogP contribution in [0.5, 0.6) is 0 Å². The molecule has 0 saturated carbocycles. The Labute approximate surface area is 111 Å². The number of ether oxygens (including phenoxy) is 1. The normalized spacial score (nSPS) is 36.4. The van der Waals surface area contributed by atoms with E-state index < -0.39 is 37.2 Å². The first-order valence-corrected chi connectivity index (χ1v) is 6.38. The van der Waals surface area contributed by atoms with Gasteiger partial charge in [-0.1, -0.05) is 0 Å². The van der Waals surface area contributed by atoms with E-state index in [4.69, 9.17) is 9.84 Å². The molecule has 5 N–H and O–H groups in total. The molecule has 0 aromatic rings. The first-order chi connectivity index (χ1) is 8.54. The first kappa shape index (κ1) is 15.7. The van der Waals surface area contributed by atoms with E-state index in [9.17, 15) is 15.0 Å². The minimum absolute atomic E-state index is 0.211. The summed E-state index contributed by atoms with van der Waals surface area (Å²) in [5.41, 5.74) is 0. The predicted molar refractivity (Wildman–Crippen MR) is 67.2 cm³/mol. The number of carbonyl (C=O) groups is 1. The summed E-state index contributed by atoms with van der Waals surface area (Å²) in [6.45, 7) is -0.409. The van der Waals surface area contributed by atoms with Crippen molar-refractivity contribution in [2.45, 2.75) is 37.0 Å². The first-order valence-electron chi connectivity index (χ1n) is 5.75. The Morgan fingerprint density at radius 3 is 2.56 bits per heavy atom. The largest absolute Gasteiger partial charge is 0.394 e. The van der Waals surface area contributed by atoms with E-state index in [0.717, 1.165) is 0 Å². The molecule has 1 aliphatic rings. The monoisotopic (exact) mass is 280 g/mol. The van der Waals surface area contributed by atoms with Gasteiger partial charge < -0.3 is 25.4 Å². The molecule has 7 nitrogen and oxygen atoms in total. The Hall–Kier alpha value is -0.380. The fraction of sp³-hybridized carbons (Fsp3) is 0.900. The van der Waals surface area contributed by atoms with Crippen molar-refractivity contribution >= 4 is 18.5 Å². The number of thiol groups is 1. The zero-order valence-electron chi connectivity index (χ0n) is 10.1. The number of rotatable bonds is 5. The van der Waals surface area contributed by atoms with Gasteiger partial charge in [0.1, 0.15) is 24.5 Å². The molecule has 0 aromatic heterocycles. The van der Waals surface area contributed by atoms with Gasteiger partial charge in [0.15, 0.2) is 0 Å². The zero-order chi connectivity index (χ0) is 13.7. The fourth-order valence-corrected chi connectivity index (χ4v) is 2.09. The lowest BCUT2D eigenvalue weighted by atomic mass is 9.96. The van der Waals surface area contributed by atoms with Crippen LogP contribution < -0.4 is 10.6 Å². The smallest absolute Gasteiger partial charge is 0.221 e. The predicted octanol–water partition coefficient (Wildman–Crippen LogP) is -2.55. The van der Waals surface area contributed by atoms with E-state index in [2.05, 4.69) is 23.3 Å². The number of hydrogen-bond donors (Lipinski definition) is 6. The van der Waals surface area contributed by atoms with Gasteiger partial charge in [-0.3, -0.25) is 10.1 Å². The van der Waals surface area contributed by atoms with Crippen molar-refractivity contribution in [2.75, 3.05) is 19.4 Å². The van der Waals surface area contributed by atoms with E-state index >= 15 is 0 Å². The molecule has 1 amide bonds. The minimum atomic E-state index is -1.25. The third-order valence-corrected chi connectivity index (χ3v) is 3.10. The number of likely N-dealkylation sites (N-methyl/N-ethyl adjacent to an activating group) is 1. The summed E-state index contributed by atoms with van der Waals surface area (Å²) in [6, 6.07) is -0.778. The van der Waals surface area contributed by atoms with Crippen LogP contribution in [0.4, 0.5) is 0 Å². The van der Waals surface area contributed by atoms with Gasteiger partial charge >= 0.3 is 0 Å². The minimum Gasteiger partial charge on any atom is -0.394 e. The van der Waals surface area contributed by atoms with Crippen LogP contribution in [0.1, 0.15) is 6.42 Å². The summed E-state index contributed by atoms with van der Waals surface area (Å²) in [6.07, 6.45) is -3.81. The highest BCUT2D eigenvalue weighted by Crippen LogP contribution is 2.19. The molecule has 5 atom stereocenters. The van der Waals surface area contributed by atoms with Gasteiger partial charge in [-0.25, -0.2) is 0 Å². The van der Waals surface area contributed by atoms with E-state index in [0.29, 0.717) is 5.75 Å². The third kappa shape index (κ3) is 3.56. The molecule has 1 aliphatic heterocycles. The molecular formula is C10H20N2O5S. The highest BCUT2D eigenvalue weighted by Gasteiger charge is 2.44. The molecule has 106 valence electrons. The van der Waals surface area contributed by atoms with E-state index in [1.165, 1.54) is 0 Å².